The summed E-state index contributed by atoms with van der Waals surface area (Å²) < 4.78 is 15.4. The van der Waals surface area contributed by atoms with E-state index in [0.29, 0.717) is 23.7 Å². The molecule has 1 atom stereocenters. The number of carboxylic acid groups (broad SMARTS) is 1. The lowest BCUT2D eigenvalue weighted by atomic mass is 10.1. The highest BCUT2D eigenvalue weighted by molar-refractivity contribution is 5.97. The lowest BCUT2D eigenvalue weighted by Gasteiger charge is -2.14. The molecule has 1 rings (SSSR count). The van der Waals surface area contributed by atoms with Gasteiger partial charge in [0.05, 0.1) is 25.8 Å². The minimum Gasteiger partial charge on any atom is -0.497 e. The van der Waals surface area contributed by atoms with Crippen LogP contribution in [-0.2, 0) is 9.53 Å². The van der Waals surface area contributed by atoms with Crippen LogP contribution in [0.2, 0.25) is 0 Å². The van der Waals surface area contributed by atoms with Gasteiger partial charge in [-0.05, 0) is 18.6 Å². The molecule has 0 aliphatic rings. The molecular formula is C15H21NO6. The Bertz CT molecular complexity index is 517. The third kappa shape index (κ3) is 4.92. The van der Waals surface area contributed by atoms with E-state index >= 15 is 0 Å². The summed E-state index contributed by atoms with van der Waals surface area (Å²) in [5.74, 6) is -0.608. The van der Waals surface area contributed by atoms with E-state index in [-0.39, 0.29) is 6.54 Å². The highest BCUT2D eigenvalue weighted by Crippen LogP contribution is 2.25. The topological polar surface area (TPSA) is 94.1 Å². The number of carbonyl (C=O) groups is 2. The Kier molecular flexibility index (Phi) is 7.18. The van der Waals surface area contributed by atoms with Crippen LogP contribution >= 0.6 is 0 Å². The Balaban J connectivity index is 2.84. The smallest absolute Gasteiger partial charge is 0.334 e. The fourth-order valence-electron chi connectivity index (χ4n) is 1.70. The predicted molar refractivity (Wildman–Crippen MR) is 79.5 cm³/mol. The van der Waals surface area contributed by atoms with Crippen molar-refractivity contribution in [3.05, 3.63) is 23.8 Å². The summed E-state index contributed by atoms with van der Waals surface area (Å²) >= 11 is 0. The van der Waals surface area contributed by atoms with Crippen molar-refractivity contribution in [1.29, 1.82) is 0 Å². The van der Waals surface area contributed by atoms with Crippen LogP contribution in [0.25, 0.3) is 0 Å². The number of amides is 1. The van der Waals surface area contributed by atoms with Crippen molar-refractivity contribution in [2.45, 2.75) is 19.4 Å². The van der Waals surface area contributed by atoms with Crippen LogP contribution in [0.1, 0.15) is 23.7 Å². The minimum absolute atomic E-state index is 0.135. The summed E-state index contributed by atoms with van der Waals surface area (Å²) in [5, 5.41) is 11.4. The zero-order valence-corrected chi connectivity index (χ0v) is 12.9. The molecule has 1 unspecified atom stereocenters. The summed E-state index contributed by atoms with van der Waals surface area (Å²) in [7, 11) is 2.79. The molecule has 7 heteroatoms. The van der Waals surface area contributed by atoms with Crippen LogP contribution in [0.4, 0.5) is 0 Å². The number of nitrogens with one attached hydrogen (secondary N) is 1. The first-order chi connectivity index (χ1) is 10.5. The molecule has 122 valence electrons. The molecular weight excluding hydrogens is 290 g/mol. The van der Waals surface area contributed by atoms with Gasteiger partial charge in [0.2, 0.25) is 0 Å². The van der Waals surface area contributed by atoms with Gasteiger partial charge in [-0.25, -0.2) is 4.79 Å². The van der Waals surface area contributed by atoms with Gasteiger partial charge in [-0.1, -0.05) is 6.92 Å². The fourth-order valence-corrected chi connectivity index (χ4v) is 1.70. The van der Waals surface area contributed by atoms with Crippen LogP contribution < -0.4 is 14.8 Å². The Hall–Kier alpha value is -2.28. The monoisotopic (exact) mass is 311 g/mol. The predicted octanol–water partition coefficient (Wildman–Crippen LogP) is 1.31. The van der Waals surface area contributed by atoms with Gasteiger partial charge in [0.15, 0.2) is 6.10 Å². The Morgan fingerprint density at radius 3 is 2.59 bits per heavy atom. The summed E-state index contributed by atoms with van der Waals surface area (Å²) in [6.45, 7) is 2.28. The van der Waals surface area contributed by atoms with Crippen LogP contribution in [0.5, 0.6) is 11.5 Å². The van der Waals surface area contributed by atoms with Gasteiger partial charge in [-0.3, -0.25) is 4.79 Å². The number of aliphatic carboxylic acids is 1. The molecule has 2 N–H and O–H groups in total. The first kappa shape index (κ1) is 17.8. The molecule has 1 aromatic carbocycles. The molecule has 0 saturated heterocycles. The SMILES string of the molecule is CCCOc1cc(OC)ccc1C(=O)NCC(OC)C(=O)O. The Morgan fingerprint density at radius 1 is 1.32 bits per heavy atom. The number of ether oxygens (including phenoxy) is 3. The fraction of sp³-hybridized carbons (Fsp3) is 0.467. The molecule has 7 nitrogen and oxygen atoms in total. The van der Waals surface area contributed by atoms with Crippen LogP contribution in [-0.4, -0.2) is 50.5 Å². The van der Waals surface area contributed by atoms with E-state index < -0.39 is 18.0 Å². The molecule has 0 spiro atoms. The van der Waals surface area contributed by atoms with Crippen molar-refractivity contribution in [3.8, 4) is 11.5 Å². The Morgan fingerprint density at radius 2 is 2.05 bits per heavy atom. The highest BCUT2D eigenvalue weighted by atomic mass is 16.5. The molecule has 0 saturated carbocycles. The third-order valence-electron chi connectivity index (χ3n) is 2.90. The summed E-state index contributed by atoms with van der Waals surface area (Å²) in [5.41, 5.74) is 0.314. The van der Waals surface area contributed by atoms with Crippen LogP contribution in [0.15, 0.2) is 18.2 Å². The average Bonchev–Trinajstić information content (AvgIpc) is 2.52. The largest absolute Gasteiger partial charge is 0.497 e. The van der Waals surface area contributed by atoms with Crippen molar-refractivity contribution < 1.29 is 28.9 Å². The first-order valence-electron chi connectivity index (χ1n) is 6.88. The van der Waals surface area contributed by atoms with Crippen molar-refractivity contribution in [1.82, 2.24) is 5.32 Å². The normalized spacial score (nSPS) is 11.6. The molecule has 0 bridgehead atoms. The summed E-state index contributed by atoms with van der Waals surface area (Å²) in [4.78, 5) is 23.0. The van der Waals surface area contributed by atoms with Crippen molar-refractivity contribution in [3.63, 3.8) is 0 Å². The van der Waals surface area contributed by atoms with Gasteiger partial charge in [0, 0.05) is 13.2 Å². The quantitative estimate of drug-likeness (QED) is 0.714. The number of hydrogen-bond acceptors (Lipinski definition) is 5. The maximum absolute atomic E-state index is 12.2. The summed E-state index contributed by atoms with van der Waals surface area (Å²) in [6, 6.07) is 4.83. The van der Waals surface area contributed by atoms with Crippen molar-refractivity contribution in [2.24, 2.45) is 0 Å². The third-order valence-corrected chi connectivity index (χ3v) is 2.90. The van der Waals surface area contributed by atoms with E-state index in [0.717, 1.165) is 6.42 Å². The van der Waals surface area contributed by atoms with E-state index in [1.54, 1.807) is 18.2 Å². The van der Waals surface area contributed by atoms with Gasteiger partial charge in [-0.2, -0.15) is 0 Å². The van der Waals surface area contributed by atoms with Crippen LogP contribution in [0.3, 0.4) is 0 Å². The lowest BCUT2D eigenvalue weighted by molar-refractivity contribution is -0.148. The van der Waals surface area contributed by atoms with Gasteiger partial charge in [0.1, 0.15) is 11.5 Å². The number of hydrogen-bond donors (Lipinski definition) is 2. The van der Waals surface area contributed by atoms with E-state index in [2.05, 4.69) is 5.32 Å². The maximum atomic E-state index is 12.2. The zero-order chi connectivity index (χ0) is 16.5. The number of rotatable bonds is 9. The highest BCUT2D eigenvalue weighted by Gasteiger charge is 2.19. The average molecular weight is 311 g/mol. The molecule has 0 aliphatic heterocycles. The Labute approximate surface area is 129 Å². The maximum Gasteiger partial charge on any atom is 0.334 e. The lowest BCUT2D eigenvalue weighted by Crippen LogP contribution is -2.38. The van der Waals surface area contributed by atoms with E-state index in [9.17, 15) is 9.59 Å². The van der Waals surface area contributed by atoms with E-state index in [1.165, 1.54) is 14.2 Å². The summed E-state index contributed by atoms with van der Waals surface area (Å²) in [6.07, 6.45) is -0.301. The van der Waals surface area contributed by atoms with Gasteiger partial charge >= 0.3 is 5.97 Å². The number of benzene rings is 1. The second-order valence-corrected chi connectivity index (χ2v) is 4.48. The molecule has 0 fully saturated rings. The molecule has 1 amide bonds. The van der Waals surface area contributed by atoms with Crippen molar-refractivity contribution in [2.75, 3.05) is 27.4 Å². The molecule has 0 radical (unpaired) electrons. The molecule has 22 heavy (non-hydrogen) atoms. The van der Waals surface area contributed by atoms with Crippen molar-refractivity contribution >= 4 is 11.9 Å². The molecule has 0 aromatic heterocycles. The van der Waals surface area contributed by atoms with Gasteiger partial charge in [-0.15, -0.1) is 0 Å². The molecule has 1 aromatic rings. The standard InChI is InChI=1S/C15H21NO6/c1-4-7-22-12-8-10(20-2)5-6-11(12)14(17)16-9-13(21-3)15(18)19/h5-6,8,13H,4,7,9H2,1-3H3,(H,16,17)(H,18,19). The van der Waals surface area contributed by atoms with E-state index in [4.69, 9.17) is 19.3 Å². The number of carboxylic acids is 1. The number of methoxy groups -OCH3 is 2. The van der Waals surface area contributed by atoms with E-state index in [1.807, 2.05) is 6.92 Å². The second-order valence-electron chi connectivity index (χ2n) is 4.48. The minimum atomic E-state index is -1.14. The van der Waals surface area contributed by atoms with Crippen LogP contribution in [0, 0.1) is 0 Å². The van der Waals surface area contributed by atoms with Gasteiger partial charge in [0.25, 0.3) is 5.91 Å². The van der Waals surface area contributed by atoms with Gasteiger partial charge < -0.3 is 24.6 Å². The molecule has 0 aliphatic carbocycles. The second kappa shape index (κ2) is 8.89. The molecule has 0 heterocycles. The zero-order valence-electron chi connectivity index (χ0n) is 12.9. The first-order valence-corrected chi connectivity index (χ1v) is 6.88. The number of carbonyl (C=O) groups excluding carboxylic acids is 1.